The first kappa shape index (κ1) is 16.4. The Kier molecular flexibility index (Phi) is 6.79. The zero-order valence-electron chi connectivity index (χ0n) is 11.9. The first-order valence-corrected chi connectivity index (χ1v) is 7.66. The Morgan fingerprint density at radius 2 is 1.89 bits per heavy atom. The van der Waals surface area contributed by atoms with Crippen molar-refractivity contribution in [1.82, 2.24) is 5.32 Å². The van der Waals surface area contributed by atoms with Gasteiger partial charge < -0.3 is 4.74 Å². The number of carbonyl (C=O) groups excluding carboxylic acids is 1. The summed E-state index contributed by atoms with van der Waals surface area (Å²) in [6.07, 6.45) is 0.937. The van der Waals surface area contributed by atoms with Crippen molar-refractivity contribution in [1.29, 1.82) is 0 Å². The molecule has 0 heterocycles. The van der Waals surface area contributed by atoms with Crippen molar-refractivity contribution in [2.24, 2.45) is 5.92 Å². The van der Waals surface area contributed by atoms with Crippen LogP contribution in [0.5, 0.6) is 0 Å². The summed E-state index contributed by atoms with van der Waals surface area (Å²) in [6.45, 7) is 6.22. The van der Waals surface area contributed by atoms with Gasteiger partial charge in [-0.15, -0.1) is 0 Å². The fourth-order valence-electron chi connectivity index (χ4n) is 1.94. The number of nitrogens with one attached hydrogen (secondary N) is 1. The summed E-state index contributed by atoms with van der Waals surface area (Å²) >= 11 is 2.28. The molecule has 1 aromatic carbocycles. The highest BCUT2D eigenvalue weighted by atomic mass is 127. The summed E-state index contributed by atoms with van der Waals surface area (Å²) in [6, 6.07) is 8.18. The van der Waals surface area contributed by atoms with Gasteiger partial charge in [0.1, 0.15) is 6.04 Å². The van der Waals surface area contributed by atoms with Crippen LogP contribution in [0, 0.1) is 9.49 Å². The van der Waals surface area contributed by atoms with Crippen molar-refractivity contribution in [3.8, 4) is 0 Å². The fourth-order valence-corrected chi connectivity index (χ4v) is 2.30. The second kappa shape index (κ2) is 7.85. The molecule has 0 amide bonds. The molecule has 0 fully saturated rings. The normalized spacial score (nSPS) is 15.6. The monoisotopic (exact) mass is 375 g/mol. The first-order valence-electron chi connectivity index (χ1n) is 6.58. The van der Waals surface area contributed by atoms with Crippen molar-refractivity contribution >= 4 is 28.6 Å². The average molecular weight is 375 g/mol. The van der Waals surface area contributed by atoms with Crippen LogP contribution in [0.4, 0.5) is 0 Å². The summed E-state index contributed by atoms with van der Waals surface area (Å²) in [4.78, 5) is 11.8. The van der Waals surface area contributed by atoms with Crippen LogP contribution in [0.15, 0.2) is 24.3 Å². The predicted octanol–water partition coefficient (Wildman–Crippen LogP) is 3.53. The summed E-state index contributed by atoms with van der Waals surface area (Å²) in [5.74, 6) is 0.0606. The topological polar surface area (TPSA) is 38.3 Å². The van der Waals surface area contributed by atoms with Gasteiger partial charge in [-0.25, -0.2) is 0 Å². The van der Waals surface area contributed by atoms with E-state index in [2.05, 4.69) is 72.9 Å². The SMILES string of the molecule is CCC(C)C(NC(C)c1ccc(I)cc1)C(=O)OC. The summed E-state index contributed by atoms with van der Waals surface area (Å²) < 4.78 is 6.10. The molecule has 106 valence electrons. The maximum atomic E-state index is 11.8. The van der Waals surface area contributed by atoms with E-state index in [0.29, 0.717) is 0 Å². The van der Waals surface area contributed by atoms with Gasteiger partial charge in [0.05, 0.1) is 7.11 Å². The van der Waals surface area contributed by atoms with Crippen LogP contribution in [0.2, 0.25) is 0 Å². The van der Waals surface area contributed by atoms with Gasteiger partial charge >= 0.3 is 5.97 Å². The van der Waals surface area contributed by atoms with E-state index in [9.17, 15) is 4.79 Å². The molecule has 1 N–H and O–H groups in total. The molecule has 0 aliphatic rings. The van der Waals surface area contributed by atoms with E-state index in [1.54, 1.807) is 0 Å². The van der Waals surface area contributed by atoms with E-state index in [-0.39, 0.29) is 24.0 Å². The van der Waals surface area contributed by atoms with Crippen LogP contribution in [0.1, 0.15) is 38.8 Å². The molecule has 0 aliphatic heterocycles. The van der Waals surface area contributed by atoms with Gasteiger partial charge in [-0.1, -0.05) is 32.4 Å². The number of esters is 1. The van der Waals surface area contributed by atoms with Crippen molar-refractivity contribution in [3.63, 3.8) is 0 Å². The molecule has 0 spiro atoms. The molecular formula is C15H22INO2. The quantitative estimate of drug-likeness (QED) is 0.611. The van der Waals surface area contributed by atoms with E-state index >= 15 is 0 Å². The minimum absolute atomic E-state index is 0.120. The zero-order chi connectivity index (χ0) is 14.4. The van der Waals surface area contributed by atoms with Crippen LogP contribution >= 0.6 is 22.6 Å². The van der Waals surface area contributed by atoms with Crippen LogP contribution in [-0.4, -0.2) is 19.1 Å². The molecule has 0 saturated carbocycles. The molecule has 1 rings (SSSR count). The molecule has 4 heteroatoms. The number of methoxy groups -OCH3 is 1. The van der Waals surface area contributed by atoms with E-state index in [4.69, 9.17) is 4.74 Å². The standard InChI is InChI=1S/C15H22INO2/c1-5-10(2)14(15(18)19-4)17-11(3)12-6-8-13(16)9-7-12/h6-11,14,17H,5H2,1-4H3. The highest BCUT2D eigenvalue weighted by Crippen LogP contribution is 2.18. The van der Waals surface area contributed by atoms with Gasteiger partial charge in [-0.2, -0.15) is 0 Å². The molecule has 0 aliphatic carbocycles. The second-order valence-corrected chi connectivity index (χ2v) is 6.07. The van der Waals surface area contributed by atoms with Crippen LogP contribution in [0.3, 0.4) is 0 Å². The maximum Gasteiger partial charge on any atom is 0.323 e. The largest absolute Gasteiger partial charge is 0.468 e. The highest BCUT2D eigenvalue weighted by molar-refractivity contribution is 14.1. The number of hydrogen-bond donors (Lipinski definition) is 1. The lowest BCUT2D eigenvalue weighted by Gasteiger charge is -2.26. The van der Waals surface area contributed by atoms with Gasteiger partial charge in [0.2, 0.25) is 0 Å². The number of rotatable bonds is 6. The predicted molar refractivity (Wildman–Crippen MR) is 86.0 cm³/mol. The lowest BCUT2D eigenvalue weighted by atomic mass is 9.97. The van der Waals surface area contributed by atoms with E-state index < -0.39 is 0 Å². The Morgan fingerprint density at radius 1 is 1.32 bits per heavy atom. The Labute approximate surface area is 129 Å². The van der Waals surface area contributed by atoms with Crippen molar-refractivity contribution < 1.29 is 9.53 Å². The molecule has 0 radical (unpaired) electrons. The minimum atomic E-state index is -0.260. The van der Waals surface area contributed by atoms with Gasteiger partial charge in [0, 0.05) is 9.61 Å². The van der Waals surface area contributed by atoms with Gasteiger partial charge in [0.25, 0.3) is 0 Å². The molecule has 3 nitrogen and oxygen atoms in total. The molecule has 0 aromatic heterocycles. The lowest BCUT2D eigenvalue weighted by molar-refractivity contribution is -0.144. The number of halogens is 1. The number of hydrogen-bond acceptors (Lipinski definition) is 3. The Bertz CT molecular complexity index is 405. The van der Waals surface area contributed by atoms with Gasteiger partial charge in [-0.3, -0.25) is 10.1 Å². The third-order valence-electron chi connectivity index (χ3n) is 3.47. The van der Waals surface area contributed by atoms with Crippen molar-refractivity contribution in [2.45, 2.75) is 39.3 Å². The Hall–Kier alpha value is -0.620. The summed E-state index contributed by atoms with van der Waals surface area (Å²) in [7, 11) is 1.44. The average Bonchev–Trinajstić information content (AvgIpc) is 2.43. The third-order valence-corrected chi connectivity index (χ3v) is 4.19. The lowest BCUT2D eigenvalue weighted by Crippen LogP contribution is -2.43. The summed E-state index contributed by atoms with van der Waals surface area (Å²) in [5.41, 5.74) is 1.18. The van der Waals surface area contributed by atoms with Gasteiger partial charge in [0.15, 0.2) is 0 Å². The molecule has 0 bridgehead atoms. The maximum absolute atomic E-state index is 11.8. The van der Waals surface area contributed by atoms with Crippen LogP contribution < -0.4 is 5.32 Å². The van der Waals surface area contributed by atoms with Crippen LogP contribution in [0.25, 0.3) is 0 Å². The zero-order valence-corrected chi connectivity index (χ0v) is 14.1. The van der Waals surface area contributed by atoms with Gasteiger partial charge in [-0.05, 0) is 53.1 Å². The Balaban J connectivity index is 2.78. The molecule has 1 aromatic rings. The highest BCUT2D eigenvalue weighted by Gasteiger charge is 2.26. The fraction of sp³-hybridized carbons (Fsp3) is 0.533. The molecule has 19 heavy (non-hydrogen) atoms. The third kappa shape index (κ3) is 4.76. The number of ether oxygens (including phenoxy) is 1. The first-order chi connectivity index (χ1) is 8.99. The van der Waals surface area contributed by atoms with Crippen LogP contribution in [-0.2, 0) is 9.53 Å². The second-order valence-electron chi connectivity index (χ2n) is 4.83. The van der Waals surface area contributed by atoms with E-state index in [0.717, 1.165) is 6.42 Å². The smallest absolute Gasteiger partial charge is 0.323 e. The van der Waals surface area contributed by atoms with Crippen molar-refractivity contribution in [2.75, 3.05) is 7.11 Å². The molecule has 3 atom stereocenters. The van der Waals surface area contributed by atoms with Crippen molar-refractivity contribution in [3.05, 3.63) is 33.4 Å². The number of benzene rings is 1. The minimum Gasteiger partial charge on any atom is -0.468 e. The number of carbonyl (C=O) groups is 1. The Morgan fingerprint density at radius 3 is 2.37 bits per heavy atom. The van der Waals surface area contributed by atoms with E-state index in [1.807, 2.05) is 0 Å². The molecule has 0 saturated heterocycles. The van der Waals surface area contributed by atoms with E-state index in [1.165, 1.54) is 16.2 Å². The molecule has 3 unspecified atom stereocenters. The summed E-state index contributed by atoms with van der Waals surface area (Å²) in [5, 5.41) is 3.38. The molecular weight excluding hydrogens is 353 g/mol.